The van der Waals surface area contributed by atoms with Crippen molar-refractivity contribution in [2.24, 2.45) is 16.7 Å². The van der Waals surface area contributed by atoms with Crippen LogP contribution in [0.5, 0.6) is 0 Å². The maximum atomic E-state index is 12.8. The van der Waals surface area contributed by atoms with Crippen LogP contribution in [0.15, 0.2) is 12.2 Å². The first-order chi connectivity index (χ1) is 11.5. The van der Waals surface area contributed by atoms with Crippen molar-refractivity contribution >= 4 is 22.8 Å². The van der Waals surface area contributed by atoms with Gasteiger partial charge in [-0.05, 0) is 55.4 Å². The molecule has 0 bridgehead atoms. The second kappa shape index (κ2) is 9.80. The number of carbonyl (C=O) groups is 2. The number of allylic oxidation sites excluding steroid dienone is 1. The Morgan fingerprint density at radius 1 is 1.12 bits per heavy atom. The molecule has 0 saturated heterocycles. The smallest absolute Gasteiger partial charge is 0.367 e. The van der Waals surface area contributed by atoms with E-state index in [-0.39, 0.29) is 33.9 Å². The molecule has 0 spiro atoms. The molecule has 0 aromatic heterocycles. The van der Waals surface area contributed by atoms with Crippen molar-refractivity contribution in [1.82, 2.24) is 0 Å². The normalized spacial score (nSPS) is 20.5. The molecule has 3 nitrogen and oxygen atoms in total. The molecule has 25 heavy (non-hydrogen) atoms. The lowest BCUT2D eigenvalue weighted by atomic mass is 9.76. The summed E-state index contributed by atoms with van der Waals surface area (Å²) < 4.78 is 5.60. The maximum Gasteiger partial charge on any atom is 0.367 e. The zero-order chi connectivity index (χ0) is 19.1. The van der Waals surface area contributed by atoms with Crippen molar-refractivity contribution in [1.29, 1.82) is 0 Å². The van der Waals surface area contributed by atoms with Crippen LogP contribution in [0.1, 0.15) is 80.1 Å². The Balaban J connectivity index is 2.60. The molecule has 2 unspecified atom stereocenters. The Morgan fingerprint density at radius 2 is 1.80 bits per heavy atom. The Kier molecular flexibility index (Phi) is 8.73. The number of ether oxygens (including phenoxy) is 1. The van der Waals surface area contributed by atoms with Crippen molar-refractivity contribution in [3.05, 3.63) is 12.2 Å². The minimum absolute atomic E-state index is 0.0539. The molecule has 0 aromatic rings. The molecule has 4 heteroatoms. The van der Waals surface area contributed by atoms with Crippen LogP contribution >= 0.6 is 11.8 Å². The summed E-state index contributed by atoms with van der Waals surface area (Å²) in [7, 11) is 0. The molecule has 2 atom stereocenters. The lowest BCUT2D eigenvalue weighted by Gasteiger charge is -2.29. The molecule has 1 aliphatic carbocycles. The van der Waals surface area contributed by atoms with Crippen LogP contribution in [-0.4, -0.2) is 22.9 Å². The van der Waals surface area contributed by atoms with Gasteiger partial charge in [-0.1, -0.05) is 54.0 Å². The van der Waals surface area contributed by atoms with Gasteiger partial charge in [-0.2, -0.15) is 0 Å². The minimum Gasteiger partial charge on any atom is -0.450 e. The van der Waals surface area contributed by atoms with Crippen LogP contribution in [0.25, 0.3) is 0 Å². The highest BCUT2D eigenvalue weighted by atomic mass is 32.2. The van der Waals surface area contributed by atoms with E-state index in [9.17, 15) is 9.59 Å². The van der Waals surface area contributed by atoms with Gasteiger partial charge < -0.3 is 4.74 Å². The zero-order valence-corrected chi connectivity index (χ0v) is 17.7. The first-order valence-corrected chi connectivity index (χ1v) is 10.5. The predicted molar refractivity (Wildman–Crippen MR) is 107 cm³/mol. The molecule has 0 aliphatic heterocycles. The van der Waals surface area contributed by atoms with Gasteiger partial charge in [0.25, 0.3) is 0 Å². The van der Waals surface area contributed by atoms with E-state index in [0.717, 1.165) is 37.4 Å². The van der Waals surface area contributed by atoms with E-state index >= 15 is 0 Å². The average molecular weight is 369 g/mol. The van der Waals surface area contributed by atoms with Gasteiger partial charge in [0.15, 0.2) is 0 Å². The highest BCUT2D eigenvalue weighted by Gasteiger charge is 2.33. The summed E-state index contributed by atoms with van der Waals surface area (Å²) >= 11 is 1.16. The highest BCUT2D eigenvalue weighted by molar-refractivity contribution is 8.13. The van der Waals surface area contributed by atoms with Crippen LogP contribution in [0.2, 0.25) is 0 Å². The Bertz CT molecular complexity index is 469. The van der Waals surface area contributed by atoms with Crippen molar-refractivity contribution in [3.63, 3.8) is 0 Å². The number of carbonyl (C=O) groups excluding carboxylic acids is 2. The fourth-order valence-corrected chi connectivity index (χ4v) is 3.93. The van der Waals surface area contributed by atoms with Crippen LogP contribution in [0, 0.1) is 16.7 Å². The van der Waals surface area contributed by atoms with Crippen LogP contribution < -0.4 is 0 Å². The molecular formula is C21H36O3S. The summed E-state index contributed by atoms with van der Waals surface area (Å²) in [5, 5.41) is -0.254. The third kappa shape index (κ3) is 9.48. The third-order valence-electron chi connectivity index (χ3n) is 4.33. The molecule has 144 valence electrons. The standard InChI is InChI=1S/C21H36O3S/c1-20(2,3)14-16(18(22)21(4,5)6)15-25-19(23)24-17-12-10-8-7-9-11-13-17/h10,12,16-17H,7-9,11,13-15H2,1-6H3. The van der Waals surface area contributed by atoms with Crippen molar-refractivity contribution < 1.29 is 14.3 Å². The Morgan fingerprint density at radius 3 is 2.40 bits per heavy atom. The zero-order valence-electron chi connectivity index (χ0n) is 16.9. The lowest BCUT2D eigenvalue weighted by Crippen LogP contribution is -2.33. The quantitative estimate of drug-likeness (QED) is 0.415. The van der Waals surface area contributed by atoms with E-state index in [1.165, 1.54) is 12.8 Å². The molecular weight excluding hydrogens is 332 g/mol. The number of hydrogen-bond acceptors (Lipinski definition) is 4. The largest absolute Gasteiger partial charge is 0.450 e. The number of ketones is 1. The topological polar surface area (TPSA) is 43.4 Å². The molecule has 0 N–H and O–H groups in total. The van der Waals surface area contributed by atoms with Gasteiger partial charge in [-0.25, -0.2) is 4.79 Å². The maximum absolute atomic E-state index is 12.8. The predicted octanol–water partition coefficient (Wildman–Crippen LogP) is 6.41. The fourth-order valence-electron chi connectivity index (χ4n) is 3.13. The summed E-state index contributed by atoms with van der Waals surface area (Å²) in [6, 6.07) is 0. The minimum atomic E-state index is -0.386. The SMILES string of the molecule is CC(C)(C)CC(CSC(=O)OC1C=CCCCCC1)C(=O)C(C)(C)C. The van der Waals surface area contributed by atoms with Gasteiger partial charge in [0, 0.05) is 17.1 Å². The number of hydrogen-bond donors (Lipinski definition) is 0. The van der Waals surface area contributed by atoms with Gasteiger partial charge >= 0.3 is 5.30 Å². The summed E-state index contributed by atoms with van der Waals surface area (Å²) in [5.41, 5.74) is -0.332. The molecule has 0 heterocycles. The second-order valence-corrected chi connectivity index (χ2v) is 10.3. The van der Waals surface area contributed by atoms with Crippen LogP contribution in [-0.2, 0) is 9.53 Å². The Labute approximate surface area is 158 Å². The number of thioether (sulfide) groups is 1. The molecule has 0 fully saturated rings. The molecule has 1 rings (SSSR count). The molecule has 0 aromatic carbocycles. The van der Waals surface area contributed by atoms with Crippen LogP contribution in [0.4, 0.5) is 4.79 Å². The molecule has 1 aliphatic rings. The van der Waals surface area contributed by atoms with E-state index in [4.69, 9.17) is 4.74 Å². The van der Waals surface area contributed by atoms with Crippen molar-refractivity contribution in [2.45, 2.75) is 86.2 Å². The van der Waals surface area contributed by atoms with Crippen molar-refractivity contribution in [2.75, 3.05) is 5.75 Å². The second-order valence-electron chi connectivity index (χ2n) is 9.36. The Hall–Kier alpha value is -0.770. The van der Waals surface area contributed by atoms with Crippen LogP contribution in [0.3, 0.4) is 0 Å². The lowest BCUT2D eigenvalue weighted by molar-refractivity contribution is -0.130. The number of rotatable bonds is 5. The summed E-state index contributed by atoms with van der Waals surface area (Å²) in [6.07, 6.45) is 10.3. The van der Waals surface area contributed by atoms with E-state index in [1.54, 1.807) is 0 Å². The van der Waals surface area contributed by atoms with Gasteiger partial charge in [-0.15, -0.1) is 0 Å². The third-order valence-corrected chi connectivity index (χ3v) is 5.23. The average Bonchev–Trinajstić information content (AvgIpc) is 2.43. The van der Waals surface area contributed by atoms with E-state index in [1.807, 2.05) is 26.8 Å². The molecule has 0 radical (unpaired) electrons. The highest BCUT2D eigenvalue weighted by Crippen LogP contribution is 2.32. The molecule has 0 amide bonds. The van der Waals surface area contributed by atoms with Gasteiger partial charge in [-0.3, -0.25) is 4.79 Å². The fraction of sp³-hybridized carbons (Fsp3) is 0.810. The van der Waals surface area contributed by atoms with E-state index < -0.39 is 0 Å². The summed E-state index contributed by atoms with van der Waals surface area (Å²) in [5.74, 6) is 0.613. The summed E-state index contributed by atoms with van der Waals surface area (Å²) in [6.45, 7) is 12.3. The van der Waals surface area contributed by atoms with Gasteiger partial charge in [0.05, 0.1) is 0 Å². The number of Topliss-reactive ketones (excluding diaryl/α,β-unsaturated/α-hetero) is 1. The monoisotopic (exact) mass is 368 g/mol. The van der Waals surface area contributed by atoms with Gasteiger partial charge in [0.2, 0.25) is 0 Å². The summed E-state index contributed by atoms with van der Waals surface area (Å²) in [4.78, 5) is 25.0. The first kappa shape index (κ1) is 22.3. The van der Waals surface area contributed by atoms with Gasteiger partial charge in [0.1, 0.15) is 11.9 Å². The molecule has 0 saturated carbocycles. The van der Waals surface area contributed by atoms with E-state index in [0.29, 0.717) is 5.75 Å². The van der Waals surface area contributed by atoms with E-state index in [2.05, 4.69) is 26.8 Å². The first-order valence-electron chi connectivity index (χ1n) is 9.53. The van der Waals surface area contributed by atoms with Crippen molar-refractivity contribution in [3.8, 4) is 0 Å².